The van der Waals surface area contributed by atoms with Crippen LogP contribution in [0.5, 0.6) is 0 Å². The normalized spacial score (nSPS) is 12.6. The molecule has 1 N–H and O–H groups in total. The van der Waals surface area contributed by atoms with Gasteiger partial charge in [-0.15, -0.1) is 0 Å². The first kappa shape index (κ1) is 12.8. The Morgan fingerprint density at radius 1 is 1.38 bits per heavy atom. The fraction of sp³-hybridized carbons (Fsp3) is 0.889. The molecule has 0 aromatic rings. The lowest BCUT2D eigenvalue weighted by molar-refractivity contribution is -0.132. The molecule has 1 atom stereocenters. The predicted molar refractivity (Wildman–Crippen MR) is 59.2 cm³/mol. The Labute approximate surface area is 86.3 Å². The van der Waals surface area contributed by atoms with E-state index in [2.05, 4.69) is 17.9 Å². The van der Waals surface area contributed by atoms with Crippen molar-refractivity contribution in [2.45, 2.75) is 26.8 Å². The predicted octanol–water partition coefficient (Wildman–Crippen LogP) is 0.763. The van der Waals surface area contributed by atoms with E-state index in [9.17, 15) is 4.79 Å². The number of hydrogen-bond acceptors (Lipinski definition) is 3. The lowest BCUT2D eigenvalue weighted by atomic mass is 10.3. The van der Waals surface area contributed by atoms with E-state index in [-0.39, 0.29) is 11.9 Å². The molecule has 0 rings (SSSR count). The Balaban J connectivity index is 4.16. The van der Waals surface area contributed by atoms with Crippen LogP contribution in [-0.2, 0) is 4.79 Å². The second kappa shape index (κ2) is 7.21. The van der Waals surface area contributed by atoms with E-state index in [4.69, 9.17) is 0 Å². The van der Waals surface area contributed by atoms with Crippen LogP contribution in [-0.4, -0.2) is 42.2 Å². The Kier molecular flexibility index (Phi) is 7.09. The van der Waals surface area contributed by atoms with Gasteiger partial charge in [0, 0.05) is 18.8 Å². The van der Waals surface area contributed by atoms with Gasteiger partial charge < -0.3 is 10.2 Å². The Bertz CT molecular complexity index is 149. The molecular weight excluding hydrogens is 184 g/mol. The topological polar surface area (TPSA) is 32.3 Å². The zero-order valence-electron chi connectivity index (χ0n) is 8.71. The monoisotopic (exact) mass is 204 g/mol. The summed E-state index contributed by atoms with van der Waals surface area (Å²) in [6, 6.07) is -0.131. The number of carbonyl (C=O) groups is 1. The smallest absolute Gasteiger partial charge is 0.240 e. The number of nitrogens with one attached hydrogen (secondary N) is 1. The average Bonchev–Trinajstić information content (AvgIpc) is 2.15. The molecule has 0 aliphatic heterocycles. The highest BCUT2D eigenvalue weighted by Crippen LogP contribution is 1.97. The highest BCUT2D eigenvalue weighted by Gasteiger charge is 2.19. The van der Waals surface area contributed by atoms with E-state index < -0.39 is 0 Å². The van der Waals surface area contributed by atoms with Gasteiger partial charge in [0.05, 0.1) is 6.04 Å². The van der Waals surface area contributed by atoms with E-state index in [1.807, 2.05) is 25.7 Å². The van der Waals surface area contributed by atoms with Crippen LogP contribution < -0.4 is 5.32 Å². The molecule has 0 unspecified atom stereocenters. The van der Waals surface area contributed by atoms with Crippen molar-refractivity contribution in [3.63, 3.8) is 0 Å². The summed E-state index contributed by atoms with van der Waals surface area (Å²) < 4.78 is 0. The molecule has 0 aliphatic rings. The third-order valence-corrected chi connectivity index (χ3v) is 2.37. The molecule has 0 fully saturated rings. The second-order valence-corrected chi connectivity index (χ2v) is 3.17. The van der Waals surface area contributed by atoms with Gasteiger partial charge >= 0.3 is 0 Å². The van der Waals surface area contributed by atoms with Crippen LogP contribution in [0.1, 0.15) is 20.8 Å². The molecular formula is C9H20N2OS. The lowest BCUT2D eigenvalue weighted by Gasteiger charge is -2.24. The number of nitrogens with zero attached hydrogens (tertiary/aromatic N) is 1. The molecule has 0 aromatic carbocycles. The zero-order chi connectivity index (χ0) is 10.3. The third-order valence-electron chi connectivity index (χ3n) is 2.01. The van der Waals surface area contributed by atoms with Gasteiger partial charge in [-0.1, -0.05) is 6.92 Å². The standard InChI is InChI=1S/C9H20N2OS/c1-4-10-8(7-13)9(12)11(5-2)6-3/h8,10,13H,4-7H2,1-3H3/t8-/m1/s1. The summed E-state index contributed by atoms with van der Waals surface area (Å²) in [4.78, 5) is 13.6. The number of rotatable bonds is 6. The maximum Gasteiger partial charge on any atom is 0.240 e. The van der Waals surface area contributed by atoms with Gasteiger partial charge in [0.25, 0.3) is 0 Å². The first-order valence-electron chi connectivity index (χ1n) is 4.84. The van der Waals surface area contributed by atoms with Crippen LogP contribution in [0.2, 0.25) is 0 Å². The maximum absolute atomic E-state index is 11.7. The van der Waals surface area contributed by atoms with Gasteiger partial charge in [-0.3, -0.25) is 4.79 Å². The van der Waals surface area contributed by atoms with Crippen LogP contribution in [0.3, 0.4) is 0 Å². The molecule has 3 nitrogen and oxygen atoms in total. The summed E-state index contributed by atoms with van der Waals surface area (Å²) in [5.41, 5.74) is 0. The Hall–Kier alpha value is -0.220. The largest absolute Gasteiger partial charge is 0.342 e. The first-order chi connectivity index (χ1) is 6.21. The lowest BCUT2D eigenvalue weighted by Crippen LogP contribution is -2.47. The number of carbonyl (C=O) groups excluding carboxylic acids is 1. The third kappa shape index (κ3) is 4.00. The van der Waals surface area contributed by atoms with E-state index in [1.165, 1.54) is 0 Å². The van der Waals surface area contributed by atoms with E-state index in [1.54, 1.807) is 0 Å². The molecule has 0 saturated carbocycles. The van der Waals surface area contributed by atoms with Crippen molar-refractivity contribution in [3.05, 3.63) is 0 Å². The van der Waals surface area contributed by atoms with Crippen molar-refractivity contribution in [2.24, 2.45) is 0 Å². The molecule has 1 amide bonds. The molecule has 0 aromatic heterocycles. The van der Waals surface area contributed by atoms with Crippen molar-refractivity contribution in [3.8, 4) is 0 Å². The van der Waals surface area contributed by atoms with E-state index in [0.717, 1.165) is 19.6 Å². The molecule has 0 bridgehead atoms. The number of likely N-dealkylation sites (N-methyl/N-ethyl adjacent to an activating group) is 2. The summed E-state index contributed by atoms with van der Waals surface area (Å²) in [5.74, 6) is 0.713. The number of amides is 1. The van der Waals surface area contributed by atoms with Crippen molar-refractivity contribution in [1.82, 2.24) is 10.2 Å². The fourth-order valence-electron chi connectivity index (χ4n) is 1.23. The van der Waals surface area contributed by atoms with Gasteiger partial charge in [-0.2, -0.15) is 12.6 Å². The molecule has 0 heterocycles. The van der Waals surface area contributed by atoms with Crippen LogP contribution >= 0.6 is 12.6 Å². The van der Waals surface area contributed by atoms with Crippen LogP contribution in [0.4, 0.5) is 0 Å². The summed E-state index contributed by atoms with van der Waals surface area (Å²) in [6.07, 6.45) is 0. The van der Waals surface area contributed by atoms with Gasteiger partial charge in [0.2, 0.25) is 5.91 Å². The van der Waals surface area contributed by atoms with Crippen molar-refractivity contribution in [2.75, 3.05) is 25.4 Å². The zero-order valence-corrected chi connectivity index (χ0v) is 9.60. The van der Waals surface area contributed by atoms with Gasteiger partial charge in [-0.25, -0.2) is 0 Å². The Morgan fingerprint density at radius 2 is 1.92 bits per heavy atom. The summed E-state index contributed by atoms with van der Waals surface area (Å²) >= 11 is 4.15. The minimum atomic E-state index is -0.131. The van der Waals surface area contributed by atoms with Crippen molar-refractivity contribution < 1.29 is 4.79 Å². The summed E-state index contributed by atoms with van der Waals surface area (Å²) in [5, 5.41) is 3.11. The highest BCUT2D eigenvalue weighted by atomic mass is 32.1. The number of hydrogen-bond donors (Lipinski definition) is 2. The fourth-order valence-corrected chi connectivity index (χ4v) is 1.52. The summed E-state index contributed by atoms with van der Waals surface area (Å²) in [6.45, 7) is 8.31. The second-order valence-electron chi connectivity index (χ2n) is 2.80. The highest BCUT2D eigenvalue weighted by molar-refractivity contribution is 7.80. The van der Waals surface area contributed by atoms with Crippen molar-refractivity contribution >= 4 is 18.5 Å². The molecule has 13 heavy (non-hydrogen) atoms. The minimum Gasteiger partial charge on any atom is -0.342 e. The average molecular weight is 204 g/mol. The minimum absolute atomic E-state index is 0.131. The molecule has 0 spiro atoms. The summed E-state index contributed by atoms with van der Waals surface area (Å²) in [7, 11) is 0. The first-order valence-corrected chi connectivity index (χ1v) is 5.47. The molecule has 0 saturated heterocycles. The molecule has 78 valence electrons. The molecule has 0 aliphatic carbocycles. The maximum atomic E-state index is 11.7. The van der Waals surface area contributed by atoms with Crippen LogP contribution in [0.15, 0.2) is 0 Å². The quantitative estimate of drug-likeness (QED) is 0.626. The van der Waals surface area contributed by atoms with Crippen molar-refractivity contribution in [1.29, 1.82) is 0 Å². The molecule has 0 radical (unpaired) electrons. The van der Waals surface area contributed by atoms with E-state index >= 15 is 0 Å². The van der Waals surface area contributed by atoms with Gasteiger partial charge in [0.15, 0.2) is 0 Å². The Morgan fingerprint density at radius 3 is 2.23 bits per heavy atom. The van der Waals surface area contributed by atoms with Crippen LogP contribution in [0.25, 0.3) is 0 Å². The molecule has 4 heteroatoms. The number of thiol groups is 1. The van der Waals surface area contributed by atoms with E-state index in [0.29, 0.717) is 5.75 Å². The SMILES string of the molecule is CCN[C@H](CS)C(=O)N(CC)CC. The van der Waals surface area contributed by atoms with Crippen LogP contribution in [0, 0.1) is 0 Å². The van der Waals surface area contributed by atoms with Gasteiger partial charge in [0.1, 0.15) is 0 Å². The van der Waals surface area contributed by atoms with Gasteiger partial charge in [-0.05, 0) is 20.4 Å².